The maximum atomic E-state index is 4.54. The molecule has 1 aromatic heterocycles. The fraction of sp³-hybridized carbons (Fsp3) is 0.667. The van der Waals surface area contributed by atoms with Crippen molar-refractivity contribution < 1.29 is 0 Å². The van der Waals surface area contributed by atoms with Gasteiger partial charge in [-0.1, -0.05) is 13.8 Å². The van der Waals surface area contributed by atoms with Gasteiger partial charge in [0.1, 0.15) is 11.6 Å². The molecular weight excluding hydrogens is 186 g/mol. The number of nitrogens with zero attached hydrogens (tertiary/aromatic N) is 2. The largest absolute Gasteiger partial charge is 0.370 e. The summed E-state index contributed by atoms with van der Waals surface area (Å²) in [7, 11) is 0. The SMILES string of the molecule is CCNc1cc(C)nc(C(CC)CC)n1. The first kappa shape index (κ1) is 12.0. The van der Waals surface area contributed by atoms with E-state index < -0.39 is 0 Å². The Balaban J connectivity index is 2.96. The Morgan fingerprint density at radius 1 is 1.20 bits per heavy atom. The van der Waals surface area contributed by atoms with Crippen molar-refractivity contribution in [3.05, 3.63) is 17.6 Å². The summed E-state index contributed by atoms with van der Waals surface area (Å²) in [5, 5.41) is 3.24. The fourth-order valence-corrected chi connectivity index (χ4v) is 1.70. The third-order valence-corrected chi connectivity index (χ3v) is 2.58. The quantitative estimate of drug-likeness (QED) is 0.806. The molecule has 0 aliphatic carbocycles. The Morgan fingerprint density at radius 2 is 1.87 bits per heavy atom. The van der Waals surface area contributed by atoms with Gasteiger partial charge in [0, 0.05) is 24.2 Å². The second-order valence-electron chi connectivity index (χ2n) is 3.80. The third-order valence-electron chi connectivity index (χ3n) is 2.58. The van der Waals surface area contributed by atoms with E-state index >= 15 is 0 Å². The highest BCUT2D eigenvalue weighted by Gasteiger charge is 2.11. The molecule has 0 atom stereocenters. The minimum absolute atomic E-state index is 0.488. The van der Waals surface area contributed by atoms with Crippen LogP contribution in [0.2, 0.25) is 0 Å². The van der Waals surface area contributed by atoms with Gasteiger partial charge in [0.15, 0.2) is 0 Å². The zero-order valence-electron chi connectivity index (χ0n) is 10.2. The maximum Gasteiger partial charge on any atom is 0.134 e. The Bertz CT molecular complexity index is 306. The number of nitrogens with one attached hydrogen (secondary N) is 1. The lowest BCUT2D eigenvalue weighted by atomic mass is 10.0. The van der Waals surface area contributed by atoms with E-state index in [0.717, 1.165) is 36.7 Å². The molecule has 3 heteroatoms. The first-order chi connectivity index (χ1) is 7.21. The summed E-state index contributed by atoms with van der Waals surface area (Å²) in [6, 6.07) is 2.00. The third kappa shape index (κ3) is 3.18. The Hall–Kier alpha value is -1.12. The van der Waals surface area contributed by atoms with Crippen molar-refractivity contribution in [1.82, 2.24) is 9.97 Å². The molecule has 0 saturated carbocycles. The summed E-state index contributed by atoms with van der Waals surface area (Å²) in [4.78, 5) is 9.05. The number of aryl methyl sites for hydroxylation is 1. The number of hydrogen-bond donors (Lipinski definition) is 1. The monoisotopic (exact) mass is 207 g/mol. The molecule has 0 bridgehead atoms. The van der Waals surface area contributed by atoms with Gasteiger partial charge in [-0.3, -0.25) is 0 Å². The van der Waals surface area contributed by atoms with Gasteiger partial charge >= 0.3 is 0 Å². The molecule has 0 aromatic carbocycles. The van der Waals surface area contributed by atoms with Crippen LogP contribution in [-0.2, 0) is 0 Å². The number of hydrogen-bond acceptors (Lipinski definition) is 3. The summed E-state index contributed by atoms with van der Waals surface area (Å²) in [6.07, 6.45) is 2.21. The highest BCUT2D eigenvalue weighted by molar-refractivity contribution is 5.35. The Kier molecular flexibility index (Phi) is 4.53. The number of aromatic nitrogens is 2. The van der Waals surface area contributed by atoms with Crippen molar-refractivity contribution in [2.75, 3.05) is 11.9 Å². The maximum absolute atomic E-state index is 4.54. The lowest BCUT2D eigenvalue weighted by molar-refractivity contribution is 0.600. The average Bonchev–Trinajstić information content (AvgIpc) is 2.19. The van der Waals surface area contributed by atoms with Gasteiger partial charge in [-0.05, 0) is 26.7 Å². The fourth-order valence-electron chi connectivity index (χ4n) is 1.70. The van der Waals surface area contributed by atoms with E-state index in [2.05, 4.69) is 36.1 Å². The van der Waals surface area contributed by atoms with Gasteiger partial charge in [-0.25, -0.2) is 9.97 Å². The predicted octanol–water partition coefficient (Wildman–Crippen LogP) is 3.12. The van der Waals surface area contributed by atoms with Crippen molar-refractivity contribution >= 4 is 5.82 Å². The highest BCUT2D eigenvalue weighted by atomic mass is 15.0. The van der Waals surface area contributed by atoms with Crippen LogP contribution in [0.5, 0.6) is 0 Å². The number of anilines is 1. The van der Waals surface area contributed by atoms with Gasteiger partial charge in [-0.15, -0.1) is 0 Å². The molecule has 84 valence electrons. The van der Waals surface area contributed by atoms with Crippen molar-refractivity contribution in [3.8, 4) is 0 Å². The van der Waals surface area contributed by atoms with Crippen LogP contribution in [0.1, 0.15) is 51.0 Å². The molecule has 0 aliphatic heterocycles. The molecule has 1 heterocycles. The molecule has 0 aliphatic rings. The summed E-state index contributed by atoms with van der Waals surface area (Å²) in [6.45, 7) is 9.38. The van der Waals surface area contributed by atoms with E-state index in [0.29, 0.717) is 5.92 Å². The average molecular weight is 207 g/mol. The summed E-state index contributed by atoms with van der Waals surface area (Å²) < 4.78 is 0. The Labute approximate surface area is 92.3 Å². The normalized spacial score (nSPS) is 10.7. The van der Waals surface area contributed by atoms with E-state index in [1.807, 2.05) is 13.0 Å². The van der Waals surface area contributed by atoms with Crippen molar-refractivity contribution in [1.29, 1.82) is 0 Å². The van der Waals surface area contributed by atoms with Gasteiger partial charge < -0.3 is 5.32 Å². The minimum Gasteiger partial charge on any atom is -0.370 e. The van der Waals surface area contributed by atoms with Gasteiger partial charge in [0.2, 0.25) is 0 Å². The molecule has 0 saturated heterocycles. The molecule has 0 spiro atoms. The van der Waals surface area contributed by atoms with Crippen LogP contribution in [-0.4, -0.2) is 16.5 Å². The predicted molar refractivity (Wildman–Crippen MR) is 64.3 cm³/mol. The van der Waals surface area contributed by atoms with Crippen LogP contribution in [0, 0.1) is 6.92 Å². The standard InChI is InChI=1S/C12H21N3/c1-5-10(6-2)12-14-9(4)8-11(15-12)13-7-3/h8,10H,5-7H2,1-4H3,(H,13,14,15). The van der Waals surface area contributed by atoms with Crippen LogP contribution in [0.4, 0.5) is 5.82 Å². The molecular formula is C12H21N3. The van der Waals surface area contributed by atoms with Crippen LogP contribution in [0.3, 0.4) is 0 Å². The Morgan fingerprint density at radius 3 is 2.40 bits per heavy atom. The molecule has 0 unspecified atom stereocenters. The van der Waals surface area contributed by atoms with Crippen molar-refractivity contribution in [3.63, 3.8) is 0 Å². The molecule has 15 heavy (non-hydrogen) atoms. The van der Waals surface area contributed by atoms with Crippen LogP contribution in [0.15, 0.2) is 6.07 Å². The van der Waals surface area contributed by atoms with E-state index in [9.17, 15) is 0 Å². The van der Waals surface area contributed by atoms with E-state index in [1.165, 1.54) is 0 Å². The van der Waals surface area contributed by atoms with Crippen molar-refractivity contribution in [2.45, 2.75) is 46.5 Å². The lowest BCUT2D eigenvalue weighted by Gasteiger charge is -2.13. The van der Waals surface area contributed by atoms with E-state index in [4.69, 9.17) is 0 Å². The zero-order chi connectivity index (χ0) is 11.3. The second-order valence-corrected chi connectivity index (χ2v) is 3.80. The summed E-state index contributed by atoms with van der Waals surface area (Å²) in [5.74, 6) is 2.42. The van der Waals surface area contributed by atoms with Crippen LogP contribution < -0.4 is 5.32 Å². The minimum atomic E-state index is 0.488. The van der Waals surface area contributed by atoms with Crippen LogP contribution >= 0.6 is 0 Å². The molecule has 1 aromatic rings. The van der Waals surface area contributed by atoms with E-state index in [-0.39, 0.29) is 0 Å². The zero-order valence-corrected chi connectivity index (χ0v) is 10.2. The van der Waals surface area contributed by atoms with Gasteiger partial charge in [0.05, 0.1) is 0 Å². The second kappa shape index (κ2) is 5.69. The van der Waals surface area contributed by atoms with Crippen molar-refractivity contribution in [2.24, 2.45) is 0 Å². The van der Waals surface area contributed by atoms with Gasteiger partial charge in [0.25, 0.3) is 0 Å². The summed E-state index contributed by atoms with van der Waals surface area (Å²) >= 11 is 0. The smallest absolute Gasteiger partial charge is 0.134 e. The lowest BCUT2D eigenvalue weighted by Crippen LogP contribution is -2.08. The summed E-state index contributed by atoms with van der Waals surface area (Å²) in [5.41, 5.74) is 1.04. The van der Waals surface area contributed by atoms with Gasteiger partial charge in [-0.2, -0.15) is 0 Å². The number of rotatable bonds is 5. The van der Waals surface area contributed by atoms with E-state index in [1.54, 1.807) is 0 Å². The molecule has 1 N–H and O–H groups in total. The highest BCUT2D eigenvalue weighted by Crippen LogP contribution is 2.20. The molecule has 1 rings (SSSR count). The first-order valence-corrected chi connectivity index (χ1v) is 5.80. The molecule has 3 nitrogen and oxygen atoms in total. The molecule has 0 radical (unpaired) electrons. The molecule has 0 fully saturated rings. The van der Waals surface area contributed by atoms with Crippen LogP contribution in [0.25, 0.3) is 0 Å². The molecule has 0 amide bonds. The first-order valence-electron chi connectivity index (χ1n) is 5.80. The topological polar surface area (TPSA) is 37.8 Å².